The van der Waals surface area contributed by atoms with Crippen molar-refractivity contribution in [2.75, 3.05) is 13.7 Å². The first-order valence-corrected chi connectivity index (χ1v) is 6.51. The zero-order chi connectivity index (χ0) is 12.6. The Morgan fingerprint density at radius 2 is 2.06 bits per heavy atom. The van der Waals surface area contributed by atoms with Crippen molar-refractivity contribution in [3.8, 4) is 0 Å². The molecule has 0 aliphatic heterocycles. The van der Waals surface area contributed by atoms with E-state index < -0.39 is 0 Å². The first-order chi connectivity index (χ1) is 7.94. The molecule has 0 radical (unpaired) electrons. The van der Waals surface area contributed by atoms with E-state index in [4.69, 9.17) is 10.5 Å². The summed E-state index contributed by atoms with van der Waals surface area (Å²) in [5, 5.41) is 3.07. The molecular formula is C13H24N2O2. The van der Waals surface area contributed by atoms with Gasteiger partial charge in [0.1, 0.15) is 0 Å². The van der Waals surface area contributed by atoms with Gasteiger partial charge in [0, 0.05) is 13.2 Å². The lowest BCUT2D eigenvalue weighted by Gasteiger charge is -2.32. The molecule has 4 unspecified atom stereocenters. The minimum atomic E-state index is -0.312. The summed E-state index contributed by atoms with van der Waals surface area (Å²) in [6.07, 6.45) is 3.52. The average Bonchev–Trinajstić information content (AvgIpc) is 2.75. The molecule has 0 heterocycles. The van der Waals surface area contributed by atoms with Crippen LogP contribution in [0.25, 0.3) is 0 Å². The second-order valence-corrected chi connectivity index (χ2v) is 6.24. The summed E-state index contributed by atoms with van der Waals surface area (Å²) in [7, 11) is 1.65. The lowest BCUT2D eigenvalue weighted by atomic mass is 9.84. The van der Waals surface area contributed by atoms with Gasteiger partial charge < -0.3 is 15.8 Å². The second-order valence-electron chi connectivity index (χ2n) is 6.24. The number of nitrogens with one attached hydrogen (secondary N) is 1. The van der Waals surface area contributed by atoms with E-state index in [1.807, 2.05) is 13.8 Å². The van der Waals surface area contributed by atoms with E-state index in [1.54, 1.807) is 7.11 Å². The molecule has 0 spiro atoms. The van der Waals surface area contributed by atoms with Crippen LogP contribution in [0.15, 0.2) is 0 Å². The van der Waals surface area contributed by atoms with Crippen LogP contribution in [-0.2, 0) is 9.53 Å². The van der Waals surface area contributed by atoms with Crippen LogP contribution < -0.4 is 11.1 Å². The van der Waals surface area contributed by atoms with E-state index in [9.17, 15) is 4.79 Å². The van der Waals surface area contributed by atoms with E-state index in [0.29, 0.717) is 18.4 Å². The van der Waals surface area contributed by atoms with Gasteiger partial charge in [0.05, 0.1) is 18.1 Å². The van der Waals surface area contributed by atoms with Gasteiger partial charge in [-0.25, -0.2) is 0 Å². The Labute approximate surface area is 103 Å². The van der Waals surface area contributed by atoms with Gasteiger partial charge in [0.15, 0.2) is 0 Å². The first-order valence-electron chi connectivity index (χ1n) is 6.51. The van der Waals surface area contributed by atoms with Crippen LogP contribution in [0.1, 0.15) is 33.1 Å². The van der Waals surface area contributed by atoms with Crippen molar-refractivity contribution in [3.05, 3.63) is 0 Å². The maximum absolute atomic E-state index is 12.3. The third-order valence-corrected chi connectivity index (χ3v) is 4.25. The minimum absolute atomic E-state index is 0.0184. The monoisotopic (exact) mass is 240 g/mol. The van der Waals surface area contributed by atoms with Crippen LogP contribution in [0.3, 0.4) is 0 Å². The van der Waals surface area contributed by atoms with Crippen LogP contribution >= 0.6 is 0 Å². The van der Waals surface area contributed by atoms with E-state index in [0.717, 1.165) is 6.42 Å². The van der Waals surface area contributed by atoms with Crippen molar-refractivity contribution in [2.24, 2.45) is 23.5 Å². The van der Waals surface area contributed by atoms with Crippen LogP contribution in [0.5, 0.6) is 0 Å². The molecule has 1 amide bonds. The highest BCUT2D eigenvalue weighted by Crippen LogP contribution is 2.47. The highest BCUT2D eigenvalue weighted by Gasteiger charge is 2.49. The van der Waals surface area contributed by atoms with Crippen molar-refractivity contribution >= 4 is 5.91 Å². The van der Waals surface area contributed by atoms with E-state index in [1.165, 1.54) is 12.8 Å². The SMILES string of the molecule is COCC(C)(C)NC(=O)C1C2CCC(C2)C1N. The lowest BCUT2D eigenvalue weighted by Crippen LogP contribution is -2.53. The Hall–Kier alpha value is -0.610. The zero-order valence-corrected chi connectivity index (χ0v) is 11.0. The van der Waals surface area contributed by atoms with Crippen LogP contribution in [0, 0.1) is 17.8 Å². The number of methoxy groups -OCH3 is 1. The molecule has 0 aromatic rings. The molecule has 0 aromatic carbocycles. The number of hydrogen-bond acceptors (Lipinski definition) is 3. The standard InChI is InChI=1S/C13H24N2O2/c1-13(2,7-17-3)15-12(16)10-8-4-5-9(6-8)11(10)14/h8-11H,4-7,14H2,1-3H3,(H,15,16). The third kappa shape index (κ3) is 2.47. The molecule has 17 heavy (non-hydrogen) atoms. The van der Waals surface area contributed by atoms with E-state index >= 15 is 0 Å². The number of rotatable bonds is 4. The molecular weight excluding hydrogens is 216 g/mol. The molecule has 0 saturated heterocycles. The number of ether oxygens (including phenoxy) is 1. The zero-order valence-electron chi connectivity index (χ0n) is 11.0. The molecule has 4 atom stereocenters. The molecule has 98 valence electrons. The van der Waals surface area contributed by atoms with Crippen molar-refractivity contribution in [3.63, 3.8) is 0 Å². The number of hydrogen-bond donors (Lipinski definition) is 2. The van der Waals surface area contributed by atoms with Gasteiger partial charge in [-0.3, -0.25) is 4.79 Å². The molecule has 4 nitrogen and oxygen atoms in total. The first kappa shape index (κ1) is 12.8. The Bertz CT molecular complexity index is 302. The number of nitrogens with two attached hydrogens (primary N) is 1. The molecule has 2 fully saturated rings. The Morgan fingerprint density at radius 3 is 2.59 bits per heavy atom. The Morgan fingerprint density at radius 1 is 1.41 bits per heavy atom. The Kier molecular flexibility index (Phi) is 3.46. The van der Waals surface area contributed by atoms with Gasteiger partial charge in [-0.15, -0.1) is 0 Å². The van der Waals surface area contributed by atoms with E-state index in [2.05, 4.69) is 5.32 Å². The fraction of sp³-hybridized carbons (Fsp3) is 0.923. The highest BCUT2D eigenvalue weighted by atomic mass is 16.5. The van der Waals surface area contributed by atoms with Gasteiger partial charge in [0.25, 0.3) is 0 Å². The van der Waals surface area contributed by atoms with Gasteiger partial charge in [-0.05, 0) is 44.9 Å². The summed E-state index contributed by atoms with van der Waals surface area (Å²) < 4.78 is 5.11. The third-order valence-electron chi connectivity index (χ3n) is 4.25. The number of amides is 1. The summed E-state index contributed by atoms with van der Waals surface area (Å²) in [4.78, 5) is 12.3. The predicted octanol–water partition coefficient (Wildman–Crippen LogP) is 0.901. The molecule has 2 aliphatic rings. The second kappa shape index (κ2) is 4.58. The molecule has 3 N–H and O–H groups in total. The minimum Gasteiger partial charge on any atom is -0.382 e. The summed E-state index contributed by atoms with van der Waals surface area (Å²) >= 11 is 0. The average molecular weight is 240 g/mol. The molecule has 2 bridgehead atoms. The van der Waals surface area contributed by atoms with Gasteiger partial charge in [-0.2, -0.15) is 0 Å². The van der Waals surface area contributed by atoms with Gasteiger partial charge in [-0.1, -0.05) is 0 Å². The summed E-state index contributed by atoms with van der Waals surface area (Å²) in [5.41, 5.74) is 5.85. The van der Waals surface area contributed by atoms with Crippen LogP contribution in [0.4, 0.5) is 0 Å². The van der Waals surface area contributed by atoms with Crippen molar-refractivity contribution in [1.82, 2.24) is 5.32 Å². The Balaban J connectivity index is 1.97. The van der Waals surface area contributed by atoms with Gasteiger partial charge >= 0.3 is 0 Å². The van der Waals surface area contributed by atoms with Crippen LogP contribution in [-0.4, -0.2) is 31.2 Å². The maximum Gasteiger partial charge on any atom is 0.225 e. The lowest BCUT2D eigenvalue weighted by molar-refractivity contribution is -0.129. The molecule has 2 saturated carbocycles. The molecule has 2 aliphatic carbocycles. The largest absolute Gasteiger partial charge is 0.382 e. The fourth-order valence-corrected chi connectivity index (χ4v) is 3.54. The molecule has 2 rings (SSSR count). The summed E-state index contributed by atoms with van der Waals surface area (Å²) in [6.45, 7) is 4.48. The van der Waals surface area contributed by atoms with Gasteiger partial charge in [0.2, 0.25) is 5.91 Å². The normalized spacial score (nSPS) is 36.2. The maximum atomic E-state index is 12.3. The van der Waals surface area contributed by atoms with Crippen LogP contribution in [0.2, 0.25) is 0 Å². The summed E-state index contributed by atoms with van der Waals surface area (Å²) in [5.74, 6) is 1.21. The molecule has 4 heteroatoms. The highest BCUT2D eigenvalue weighted by molar-refractivity contribution is 5.81. The quantitative estimate of drug-likeness (QED) is 0.767. The predicted molar refractivity (Wildman–Crippen MR) is 66.4 cm³/mol. The number of fused-ring (bicyclic) bond motifs is 2. The molecule has 0 aromatic heterocycles. The summed E-state index contributed by atoms with van der Waals surface area (Å²) in [6, 6.07) is 0.0621. The van der Waals surface area contributed by atoms with Crippen molar-refractivity contribution in [1.29, 1.82) is 0 Å². The smallest absolute Gasteiger partial charge is 0.225 e. The number of carbonyl (C=O) groups excluding carboxylic acids is 1. The van der Waals surface area contributed by atoms with E-state index in [-0.39, 0.29) is 23.4 Å². The number of carbonyl (C=O) groups is 1. The van der Waals surface area contributed by atoms with Crippen molar-refractivity contribution < 1.29 is 9.53 Å². The topological polar surface area (TPSA) is 64.3 Å². The van der Waals surface area contributed by atoms with Crippen molar-refractivity contribution in [2.45, 2.75) is 44.7 Å². The fourth-order valence-electron chi connectivity index (χ4n) is 3.54.